The number of hydrogen-bond donors (Lipinski definition) is 1. The Morgan fingerprint density at radius 1 is 1.20 bits per heavy atom. The van der Waals surface area contributed by atoms with Crippen LogP contribution in [-0.2, 0) is 16.0 Å². The number of piperidine rings is 1. The zero-order valence-electron chi connectivity index (χ0n) is 16.6. The standard InChI is InChI=1S/C23H22ClFN2O3/c1-14-2-4-18-16(13-30-21(18)10-14)11-22(28)27-8-6-15(7-9-27)23(29)26-17-3-5-20(25)19(24)12-17/h2-5,10,12-13,15H,6-9,11H2,1H3,(H,26,29). The lowest BCUT2D eigenvalue weighted by molar-refractivity contribution is -0.133. The number of fused-ring (bicyclic) bond motifs is 1. The molecule has 3 aromatic rings. The number of benzene rings is 2. The summed E-state index contributed by atoms with van der Waals surface area (Å²) in [6.45, 7) is 3.05. The van der Waals surface area contributed by atoms with Gasteiger partial charge in [-0.15, -0.1) is 0 Å². The summed E-state index contributed by atoms with van der Waals surface area (Å²) >= 11 is 5.76. The van der Waals surface area contributed by atoms with Gasteiger partial charge in [0.05, 0.1) is 17.7 Å². The van der Waals surface area contributed by atoms with Crippen LogP contribution < -0.4 is 5.32 Å². The highest BCUT2D eigenvalue weighted by Crippen LogP contribution is 2.25. The zero-order valence-corrected chi connectivity index (χ0v) is 17.3. The summed E-state index contributed by atoms with van der Waals surface area (Å²) < 4.78 is 18.8. The Balaban J connectivity index is 1.32. The molecule has 0 aliphatic carbocycles. The van der Waals surface area contributed by atoms with Crippen LogP contribution in [0.2, 0.25) is 5.02 Å². The molecular formula is C23H22ClFN2O3. The minimum Gasteiger partial charge on any atom is -0.464 e. The maximum Gasteiger partial charge on any atom is 0.227 e. The normalized spacial score (nSPS) is 14.8. The largest absolute Gasteiger partial charge is 0.464 e. The summed E-state index contributed by atoms with van der Waals surface area (Å²) in [5, 5.41) is 3.71. The number of hydrogen-bond acceptors (Lipinski definition) is 3. The van der Waals surface area contributed by atoms with Gasteiger partial charge >= 0.3 is 0 Å². The first-order valence-corrected chi connectivity index (χ1v) is 10.3. The van der Waals surface area contributed by atoms with Crippen LogP contribution in [0.3, 0.4) is 0 Å². The molecule has 1 N–H and O–H groups in total. The number of aryl methyl sites for hydroxylation is 1. The molecule has 1 aromatic heterocycles. The molecule has 0 radical (unpaired) electrons. The van der Waals surface area contributed by atoms with Gasteiger partial charge in [-0.3, -0.25) is 9.59 Å². The van der Waals surface area contributed by atoms with E-state index in [0.29, 0.717) is 31.6 Å². The average molecular weight is 429 g/mol. The zero-order chi connectivity index (χ0) is 21.3. The molecule has 0 saturated carbocycles. The highest BCUT2D eigenvalue weighted by molar-refractivity contribution is 6.31. The van der Waals surface area contributed by atoms with E-state index in [1.54, 1.807) is 11.2 Å². The van der Waals surface area contributed by atoms with E-state index in [1.165, 1.54) is 18.2 Å². The van der Waals surface area contributed by atoms with E-state index < -0.39 is 5.82 Å². The molecule has 0 spiro atoms. The quantitative estimate of drug-likeness (QED) is 0.639. The molecule has 0 atom stereocenters. The lowest BCUT2D eigenvalue weighted by Gasteiger charge is -2.31. The molecule has 1 fully saturated rings. The number of rotatable bonds is 4. The van der Waals surface area contributed by atoms with E-state index in [2.05, 4.69) is 5.32 Å². The second kappa shape index (κ2) is 8.48. The lowest BCUT2D eigenvalue weighted by Crippen LogP contribution is -2.42. The van der Waals surface area contributed by atoms with Crippen molar-refractivity contribution in [3.8, 4) is 0 Å². The fourth-order valence-electron chi connectivity index (χ4n) is 3.81. The molecule has 30 heavy (non-hydrogen) atoms. The van der Waals surface area contributed by atoms with Crippen molar-refractivity contribution >= 4 is 40.1 Å². The first-order valence-electron chi connectivity index (χ1n) is 9.91. The van der Waals surface area contributed by atoms with Crippen molar-refractivity contribution in [2.24, 2.45) is 5.92 Å². The fourth-order valence-corrected chi connectivity index (χ4v) is 3.99. The Labute approximate surface area is 178 Å². The van der Waals surface area contributed by atoms with Gasteiger partial charge in [-0.25, -0.2) is 4.39 Å². The predicted molar refractivity (Wildman–Crippen MR) is 114 cm³/mol. The van der Waals surface area contributed by atoms with Gasteiger partial charge < -0.3 is 14.6 Å². The molecule has 5 nitrogen and oxygen atoms in total. The number of likely N-dealkylation sites (tertiary alicyclic amines) is 1. The number of anilines is 1. The minimum atomic E-state index is -0.526. The molecule has 1 aliphatic heterocycles. The van der Waals surface area contributed by atoms with Gasteiger partial charge in [-0.2, -0.15) is 0 Å². The summed E-state index contributed by atoms with van der Waals surface area (Å²) in [5.41, 5.74) is 3.24. The smallest absolute Gasteiger partial charge is 0.227 e. The summed E-state index contributed by atoms with van der Waals surface area (Å²) in [6, 6.07) is 10.0. The highest BCUT2D eigenvalue weighted by Gasteiger charge is 2.28. The Morgan fingerprint density at radius 3 is 2.70 bits per heavy atom. The summed E-state index contributed by atoms with van der Waals surface area (Å²) in [4.78, 5) is 27.1. The van der Waals surface area contributed by atoms with Crippen LogP contribution in [0.25, 0.3) is 11.0 Å². The van der Waals surface area contributed by atoms with Crippen molar-refractivity contribution in [1.82, 2.24) is 4.90 Å². The molecular weight excluding hydrogens is 407 g/mol. The third kappa shape index (κ3) is 4.33. The second-order valence-corrected chi connectivity index (χ2v) is 8.12. The van der Waals surface area contributed by atoms with Crippen molar-refractivity contribution < 1.29 is 18.4 Å². The number of halogens is 2. The number of carbonyl (C=O) groups excluding carboxylic acids is 2. The molecule has 2 aromatic carbocycles. The maximum absolute atomic E-state index is 13.3. The van der Waals surface area contributed by atoms with Crippen molar-refractivity contribution in [2.45, 2.75) is 26.2 Å². The van der Waals surface area contributed by atoms with Crippen molar-refractivity contribution in [2.75, 3.05) is 18.4 Å². The number of amides is 2. The molecule has 0 bridgehead atoms. The Morgan fingerprint density at radius 2 is 1.97 bits per heavy atom. The van der Waals surface area contributed by atoms with Gasteiger partial charge in [0.25, 0.3) is 0 Å². The Bertz CT molecular complexity index is 1100. The van der Waals surface area contributed by atoms with Crippen LogP contribution in [0, 0.1) is 18.7 Å². The summed E-state index contributed by atoms with van der Waals surface area (Å²) in [5.74, 6) is -0.832. The van der Waals surface area contributed by atoms with Gasteiger partial charge in [-0.05, 0) is 49.6 Å². The van der Waals surface area contributed by atoms with E-state index in [-0.39, 0.29) is 29.2 Å². The fraction of sp³-hybridized carbons (Fsp3) is 0.304. The molecule has 2 heterocycles. The first kappa shape index (κ1) is 20.4. The second-order valence-electron chi connectivity index (χ2n) is 7.71. The molecule has 0 unspecified atom stereocenters. The number of nitrogens with zero attached hydrogens (tertiary/aromatic N) is 1. The Kier molecular flexibility index (Phi) is 5.77. The summed E-state index contributed by atoms with van der Waals surface area (Å²) in [7, 11) is 0. The molecule has 4 rings (SSSR count). The lowest BCUT2D eigenvalue weighted by atomic mass is 9.95. The van der Waals surface area contributed by atoms with Crippen molar-refractivity contribution in [3.63, 3.8) is 0 Å². The monoisotopic (exact) mass is 428 g/mol. The third-order valence-corrected chi connectivity index (χ3v) is 5.85. The molecule has 1 saturated heterocycles. The summed E-state index contributed by atoms with van der Waals surface area (Å²) in [6.07, 6.45) is 3.09. The van der Waals surface area contributed by atoms with E-state index in [4.69, 9.17) is 16.0 Å². The maximum atomic E-state index is 13.3. The number of furan rings is 1. The van der Waals surface area contributed by atoms with Gasteiger partial charge in [-0.1, -0.05) is 23.7 Å². The third-order valence-electron chi connectivity index (χ3n) is 5.56. The predicted octanol–water partition coefficient (Wildman–Crippen LogP) is 4.95. The van der Waals surface area contributed by atoms with E-state index in [1.807, 2.05) is 25.1 Å². The SMILES string of the molecule is Cc1ccc2c(CC(=O)N3CCC(C(=O)Nc4ccc(F)c(Cl)c4)CC3)coc2c1. The molecule has 1 aliphatic rings. The highest BCUT2D eigenvalue weighted by atomic mass is 35.5. The van der Waals surface area contributed by atoms with Crippen LogP contribution in [-0.4, -0.2) is 29.8 Å². The topological polar surface area (TPSA) is 62.6 Å². The van der Waals surface area contributed by atoms with Crippen LogP contribution in [0.15, 0.2) is 47.1 Å². The number of nitrogens with one attached hydrogen (secondary N) is 1. The molecule has 2 amide bonds. The van der Waals surface area contributed by atoms with E-state index in [9.17, 15) is 14.0 Å². The first-order chi connectivity index (χ1) is 14.4. The van der Waals surface area contributed by atoms with Crippen LogP contribution in [0.5, 0.6) is 0 Å². The van der Waals surface area contributed by atoms with Crippen LogP contribution >= 0.6 is 11.6 Å². The van der Waals surface area contributed by atoms with Gasteiger partial charge in [0.15, 0.2) is 0 Å². The average Bonchev–Trinajstić information content (AvgIpc) is 3.12. The van der Waals surface area contributed by atoms with Crippen LogP contribution in [0.1, 0.15) is 24.0 Å². The van der Waals surface area contributed by atoms with E-state index >= 15 is 0 Å². The molecule has 7 heteroatoms. The minimum absolute atomic E-state index is 0.0300. The van der Waals surface area contributed by atoms with Crippen molar-refractivity contribution in [1.29, 1.82) is 0 Å². The van der Waals surface area contributed by atoms with Crippen molar-refractivity contribution in [3.05, 3.63) is 64.6 Å². The van der Waals surface area contributed by atoms with Crippen LogP contribution in [0.4, 0.5) is 10.1 Å². The number of carbonyl (C=O) groups is 2. The van der Waals surface area contributed by atoms with Gasteiger partial charge in [0.1, 0.15) is 11.4 Å². The van der Waals surface area contributed by atoms with E-state index in [0.717, 1.165) is 22.1 Å². The van der Waals surface area contributed by atoms with Gasteiger partial charge in [0, 0.05) is 35.6 Å². The van der Waals surface area contributed by atoms with Gasteiger partial charge in [0.2, 0.25) is 11.8 Å². The Hall–Kier alpha value is -2.86. The molecule has 156 valence electrons.